The second-order valence-corrected chi connectivity index (χ2v) is 10.6. The quantitative estimate of drug-likeness (QED) is 0.210. The van der Waals surface area contributed by atoms with Crippen molar-refractivity contribution in [2.24, 2.45) is 0 Å². The Hall–Kier alpha value is -3.39. The molecule has 6 aromatic carbocycles. The predicted molar refractivity (Wildman–Crippen MR) is 166 cm³/mol. The fourth-order valence-corrected chi connectivity index (χ4v) is 4.93. The van der Waals surface area contributed by atoms with E-state index >= 15 is 0 Å². The number of allylic oxidation sites excluding steroid dienone is 4. The first-order valence-corrected chi connectivity index (χ1v) is 14.0. The van der Waals surface area contributed by atoms with Gasteiger partial charge >= 0.3 is 66.6 Å². The summed E-state index contributed by atoms with van der Waals surface area (Å²) in [4.78, 5) is 0. The van der Waals surface area contributed by atoms with E-state index in [9.17, 15) is 0 Å². The minimum Gasteiger partial charge on any atom is -1.00 e. The van der Waals surface area contributed by atoms with Crippen molar-refractivity contribution in [3.8, 4) is 22.3 Å². The van der Waals surface area contributed by atoms with Gasteiger partial charge in [-0.05, 0) is 11.1 Å². The molecule has 0 radical (unpaired) electrons. The first kappa shape index (κ1) is 32.1. The Morgan fingerprint density at radius 3 is 1.41 bits per heavy atom. The average Bonchev–Trinajstić information content (AvgIpc) is 3.70. The fourth-order valence-electron chi connectivity index (χ4n) is 4.67. The number of fused-ring (bicyclic) bond motifs is 3. The zero-order valence-corrected chi connectivity index (χ0v) is 26.0. The van der Waals surface area contributed by atoms with Gasteiger partial charge in [0.2, 0.25) is 0 Å². The third-order valence-electron chi connectivity index (χ3n) is 6.71. The van der Waals surface area contributed by atoms with Crippen LogP contribution >= 0.6 is 0 Å². The molecule has 0 nitrogen and oxygen atoms in total. The van der Waals surface area contributed by atoms with Crippen molar-refractivity contribution in [1.29, 1.82) is 0 Å². The minimum absolute atomic E-state index is 0. The summed E-state index contributed by atoms with van der Waals surface area (Å²) in [5.41, 5.74) is 6.40. The summed E-state index contributed by atoms with van der Waals surface area (Å²) >= 11 is 2.12. The topological polar surface area (TPSA) is 0 Å². The Morgan fingerprint density at radius 1 is 0.610 bits per heavy atom. The SMILES string of the molecule is C[C](=[Ti+2])c1ccccc1.[C-]1=CC=CC1.[Cl-].[Cl-].c1ccc(-c2ccc3c(c2)[cH-]c2cc(-c4ccccc4)ccc23)cc1. The van der Waals surface area contributed by atoms with Crippen molar-refractivity contribution < 1.29 is 44.8 Å². The zero-order valence-electron chi connectivity index (χ0n) is 22.9. The van der Waals surface area contributed by atoms with Gasteiger partial charge in [-0.1, -0.05) is 96.1 Å². The van der Waals surface area contributed by atoms with Gasteiger partial charge in [-0.25, -0.2) is 12.2 Å². The molecule has 0 saturated heterocycles. The molecule has 1 aliphatic carbocycles. The smallest absolute Gasteiger partial charge is 0.0259 e. The predicted octanol–water partition coefficient (Wildman–Crippen LogP) is 4.13. The second kappa shape index (κ2) is 16.2. The number of rotatable bonds is 3. The molecule has 41 heavy (non-hydrogen) atoms. The molecule has 0 unspecified atom stereocenters. The van der Waals surface area contributed by atoms with E-state index in [0.29, 0.717) is 0 Å². The molecule has 0 saturated carbocycles. The molecule has 6 aromatic rings. The van der Waals surface area contributed by atoms with Crippen LogP contribution in [0.25, 0.3) is 43.8 Å². The molecule has 0 aliphatic heterocycles. The van der Waals surface area contributed by atoms with Crippen molar-refractivity contribution in [2.45, 2.75) is 13.3 Å². The second-order valence-electron chi connectivity index (χ2n) is 9.47. The van der Waals surface area contributed by atoms with Crippen LogP contribution in [0.4, 0.5) is 0 Å². The standard InChI is InChI=1S/C25H17.C8H8.C5H5.2ClH.Ti/c1-3-7-18(8-4-1)20-11-13-24-22(15-20)17-23-16-21(12-14-25(23)24)19-9-5-2-6-10-19;1-2-8-6-4-3-5-7-8;1-2-4-5-3-1;;;/h1-17H;3-7H,1H3;1-3H,4H2;2*1H;/q-1;;-1;;;+2/p-2. The van der Waals surface area contributed by atoms with Gasteiger partial charge in [0.1, 0.15) is 0 Å². The fraction of sp³-hybridized carbons (Fsp3) is 0.0526. The minimum atomic E-state index is 0. The zero-order chi connectivity index (χ0) is 26.9. The number of halogens is 2. The molecular weight excluding hydrogens is 575 g/mol. The van der Waals surface area contributed by atoms with Crippen LogP contribution in [0.15, 0.2) is 152 Å². The molecular formula is C38H30Cl2Ti-2. The Kier molecular flexibility index (Phi) is 12.7. The summed E-state index contributed by atoms with van der Waals surface area (Å²) in [6.45, 7) is 2.12. The first-order chi connectivity index (χ1) is 19.2. The van der Waals surface area contributed by atoms with E-state index in [-0.39, 0.29) is 24.8 Å². The van der Waals surface area contributed by atoms with Crippen LogP contribution in [0, 0.1) is 6.08 Å². The molecule has 0 spiro atoms. The molecule has 7 rings (SSSR count). The van der Waals surface area contributed by atoms with Crippen molar-refractivity contribution in [1.82, 2.24) is 0 Å². The molecule has 0 N–H and O–H groups in total. The molecule has 3 heteroatoms. The summed E-state index contributed by atoms with van der Waals surface area (Å²) in [5.74, 6) is 0. The number of benzene rings is 5. The summed E-state index contributed by atoms with van der Waals surface area (Å²) < 4.78 is 1.37. The maximum atomic E-state index is 2.99. The number of hydrogen-bond donors (Lipinski definition) is 0. The van der Waals surface area contributed by atoms with Gasteiger partial charge in [-0.2, -0.15) is 6.08 Å². The van der Waals surface area contributed by atoms with E-state index in [1.165, 1.54) is 53.2 Å². The van der Waals surface area contributed by atoms with Crippen LogP contribution in [0.2, 0.25) is 0 Å². The van der Waals surface area contributed by atoms with E-state index in [1.807, 2.05) is 18.2 Å². The molecule has 0 heterocycles. The van der Waals surface area contributed by atoms with Crippen molar-refractivity contribution in [2.75, 3.05) is 0 Å². The van der Waals surface area contributed by atoms with Gasteiger partial charge in [0.05, 0.1) is 0 Å². The number of hydrogen-bond acceptors (Lipinski definition) is 0. The van der Waals surface area contributed by atoms with Crippen molar-refractivity contribution in [3.05, 3.63) is 163 Å². The molecule has 202 valence electrons. The summed E-state index contributed by atoms with van der Waals surface area (Å²) in [5, 5.41) is 5.27. The van der Waals surface area contributed by atoms with Crippen LogP contribution in [0.5, 0.6) is 0 Å². The maximum Gasteiger partial charge on any atom is -0.0259 e. The summed E-state index contributed by atoms with van der Waals surface area (Å²) in [6.07, 6.45) is 10.0. The van der Waals surface area contributed by atoms with E-state index in [1.54, 1.807) is 0 Å². The van der Waals surface area contributed by atoms with E-state index < -0.39 is 0 Å². The Morgan fingerprint density at radius 2 is 1.07 bits per heavy atom. The normalized spacial score (nSPS) is 11.0. The molecule has 1 aliphatic rings. The van der Waals surface area contributed by atoms with Crippen molar-refractivity contribution >= 4 is 25.4 Å². The van der Waals surface area contributed by atoms with Gasteiger partial charge in [0.25, 0.3) is 0 Å². The van der Waals surface area contributed by atoms with Crippen LogP contribution in [-0.2, 0) is 20.0 Å². The van der Waals surface area contributed by atoms with Gasteiger partial charge in [0, 0.05) is 0 Å². The third-order valence-corrected chi connectivity index (χ3v) is 7.16. The molecule has 0 amide bonds. The van der Waals surface area contributed by atoms with Crippen LogP contribution in [0.1, 0.15) is 18.9 Å². The molecule has 0 fully saturated rings. The van der Waals surface area contributed by atoms with Gasteiger partial charge < -0.3 is 24.8 Å². The van der Waals surface area contributed by atoms with Gasteiger partial charge in [-0.3, -0.25) is 6.08 Å². The monoisotopic (exact) mass is 604 g/mol. The van der Waals surface area contributed by atoms with Gasteiger partial charge in [-0.15, -0.1) is 46.2 Å². The first-order valence-electron chi connectivity index (χ1n) is 13.3. The molecule has 0 bridgehead atoms. The average molecular weight is 605 g/mol. The largest absolute Gasteiger partial charge is 1.00 e. The maximum absolute atomic E-state index is 2.99. The van der Waals surface area contributed by atoms with Crippen molar-refractivity contribution in [3.63, 3.8) is 0 Å². The van der Waals surface area contributed by atoms with Gasteiger partial charge in [0.15, 0.2) is 0 Å². The summed E-state index contributed by atoms with van der Waals surface area (Å²) in [6, 6.07) is 47.4. The molecule has 0 atom stereocenters. The van der Waals surface area contributed by atoms with E-state index in [2.05, 4.69) is 166 Å². The third kappa shape index (κ3) is 8.55. The van der Waals surface area contributed by atoms with E-state index in [0.717, 1.165) is 6.42 Å². The van der Waals surface area contributed by atoms with Crippen LogP contribution in [-0.4, -0.2) is 3.81 Å². The Bertz CT molecular complexity index is 1630. The summed E-state index contributed by atoms with van der Waals surface area (Å²) in [7, 11) is 0. The Balaban J connectivity index is 0.000000240. The van der Waals surface area contributed by atoms with Crippen LogP contribution in [0.3, 0.4) is 0 Å². The molecule has 0 aromatic heterocycles. The van der Waals surface area contributed by atoms with E-state index in [4.69, 9.17) is 0 Å². The van der Waals surface area contributed by atoms with Crippen LogP contribution < -0.4 is 24.8 Å². The Labute approximate surface area is 267 Å².